The van der Waals surface area contributed by atoms with Crippen LogP contribution in [0.1, 0.15) is 11.0 Å². The zero-order chi connectivity index (χ0) is 35.3. The molecule has 0 amide bonds. The predicted octanol–water partition coefficient (Wildman–Crippen LogP) is 12.0. The van der Waals surface area contributed by atoms with Crippen molar-refractivity contribution < 1.29 is 15.4 Å². The molecule has 1 nitrogen and oxygen atoms in total. The van der Waals surface area contributed by atoms with Gasteiger partial charge in [0.15, 0.2) is 0 Å². The molecule has 0 aliphatic heterocycles. The van der Waals surface area contributed by atoms with E-state index in [1.54, 1.807) is 0 Å². The Kier molecular flexibility index (Phi) is 3.80. The van der Waals surface area contributed by atoms with E-state index >= 15 is 0 Å². The fourth-order valence-corrected chi connectivity index (χ4v) is 6.46. The van der Waals surface area contributed by atoms with Gasteiger partial charge in [-0.2, -0.15) is 0 Å². The molecule has 0 radical (unpaired) electrons. The van der Waals surface area contributed by atoms with Crippen LogP contribution in [-0.4, -0.2) is 0 Å². The van der Waals surface area contributed by atoms with E-state index < -0.39 is 24.2 Å². The fraction of sp³-hybridized carbons (Fsp3) is 0. The SMILES string of the molecule is [2H]c1c([2H])c([2H])c2c(-c3cc(-c4ccccc4)cc4oc5ccccc5c34)c3c([2H])c([2H])c([2H])c([2H])c3c(-c3cccc4ccccc34)c2c1[2H]. The Bertz CT molecular complexity index is 2860. The summed E-state index contributed by atoms with van der Waals surface area (Å²) in [6, 6.07) is 31.5. The zero-order valence-electron chi connectivity index (χ0n) is 30.8. The maximum absolute atomic E-state index is 9.48. The average molecular weight is 555 g/mol. The highest BCUT2D eigenvalue weighted by molar-refractivity contribution is 6.27. The Labute approximate surface area is 260 Å². The summed E-state index contributed by atoms with van der Waals surface area (Å²) in [6.07, 6.45) is 0. The summed E-state index contributed by atoms with van der Waals surface area (Å²) in [5.41, 5.74) is 4.55. The molecule has 0 saturated heterocycles. The highest BCUT2D eigenvalue weighted by Gasteiger charge is 2.22. The third-order valence-electron chi connectivity index (χ3n) is 8.29. The molecule has 200 valence electrons. The third kappa shape index (κ3) is 3.65. The maximum Gasteiger partial charge on any atom is 0.136 e. The van der Waals surface area contributed by atoms with Crippen LogP contribution in [0.4, 0.5) is 0 Å². The number of rotatable bonds is 3. The molecule has 0 saturated carbocycles. The molecule has 0 spiro atoms. The monoisotopic (exact) mass is 554 g/mol. The molecule has 8 aromatic carbocycles. The summed E-state index contributed by atoms with van der Waals surface area (Å²) in [6.45, 7) is 0. The topological polar surface area (TPSA) is 13.1 Å². The number of fused-ring (bicyclic) bond motifs is 6. The molecule has 1 heterocycles. The normalized spacial score (nSPS) is 14.3. The van der Waals surface area contributed by atoms with Crippen molar-refractivity contribution in [2.45, 2.75) is 0 Å². The molecule has 0 aliphatic carbocycles. The molecule has 0 bridgehead atoms. The molecule has 1 heteroatoms. The van der Waals surface area contributed by atoms with Gasteiger partial charge in [-0.25, -0.2) is 0 Å². The van der Waals surface area contributed by atoms with E-state index in [1.165, 1.54) is 0 Å². The van der Waals surface area contributed by atoms with Crippen LogP contribution in [0.2, 0.25) is 0 Å². The van der Waals surface area contributed by atoms with Gasteiger partial charge in [-0.1, -0.05) is 139 Å². The highest BCUT2D eigenvalue weighted by atomic mass is 16.3. The van der Waals surface area contributed by atoms with Gasteiger partial charge in [0.2, 0.25) is 0 Å². The molecule has 43 heavy (non-hydrogen) atoms. The molecule has 9 aromatic rings. The van der Waals surface area contributed by atoms with Crippen LogP contribution >= 0.6 is 0 Å². The van der Waals surface area contributed by atoms with Gasteiger partial charge in [0, 0.05) is 10.8 Å². The minimum atomic E-state index is -0.440. The summed E-state index contributed by atoms with van der Waals surface area (Å²) in [5.74, 6) is 0. The van der Waals surface area contributed by atoms with Crippen LogP contribution < -0.4 is 0 Å². The van der Waals surface area contributed by atoms with Gasteiger partial charge in [0.05, 0.1) is 11.0 Å². The van der Waals surface area contributed by atoms with Gasteiger partial charge < -0.3 is 4.42 Å². The molecule has 0 aliphatic rings. The van der Waals surface area contributed by atoms with Crippen molar-refractivity contribution in [1.82, 2.24) is 0 Å². The summed E-state index contributed by atoms with van der Waals surface area (Å²) >= 11 is 0. The van der Waals surface area contributed by atoms with Gasteiger partial charge in [-0.05, 0) is 83.9 Å². The highest BCUT2D eigenvalue weighted by Crippen LogP contribution is 2.48. The number of hydrogen-bond acceptors (Lipinski definition) is 1. The molecule has 0 atom stereocenters. The van der Waals surface area contributed by atoms with Crippen LogP contribution in [0.15, 0.2) is 162 Å². The van der Waals surface area contributed by atoms with E-state index in [0.717, 1.165) is 27.3 Å². The first-order valence-corrected chi connectivity index (χ1v) is 14.1. The minimum absolute atomic E-state index is 0.165. The quantitative estimate of drug-likeness (QED) is 0.198. The van der Waals surface area contributed by atoms with E-state index in [-0.39, 0.29) is 51.3 Å². The number of hydrogen-bond donors (Lipinski definition) is 0. The van der Waals surface area contributed by atoms with E-state index in [0.29, 0.717) is 33.2 Å². The van der Waals surface area contributed by atoms with Crippen LogP contribution in [-0.2, 0) is 0 Å². The second-order valence-corrected chi connectivity index (χ2v) is 10.6. The van der Waals surface area contributed by atoms with Gasteiger partial charge in [0.25, 0.3) is 0 Å². The lowest BCUT2D eigenvalue weighted by atomic mass is 9.83. The summed E-state index contributed by atoms with van der Waals surface area (Å²) in [5, 5.41) is 3.78. The molecule has 1 aromatic heterocycles. The van der Waals surface area contributed by atoms with E-state index in [2.05, 4.69) is 0 Å². The predicted molar refractivity (Wildman–Crippen MR) is 183 cm³/mol. The standard InChI is InChI=1S/C42H26O/c1-2-13-27(14-3-1)29-25-37(42-36-22-10-11-24-38(36)43-39(42)26-29)41-34-20-8-6-18-32(34)40(33-19-7-9-21-35(33)41)31-23-12-16-28-15-4-5-17-30(28)31/h1-26H/i6D,7D,8D,9D,18D,19D,20D,21D. The Morgan fingerprint density at radius 2 is 1.00 bits per heavy atom. The summed E-state index contributed by atoms with van der Waals surface area (Å²) < 4.78 is 79.7. The molecular weight excluding hydrogens is 520 g/mol. The van der Waals surface area contributed by atoms with Gasteiger partial charge in [-0.15, -0.1) is 0 Å². The van der Waals surface area contributed by atoms with Gasteiger partial charge in [0.1, 0.15) is 11.2 Å². The van der Waals surface area contributed by atoms with Crippen molar-refractivity contribution in [3.05, 3.63) is 158 Å². The number of para-hydroxylation sites is 1. The summed E-state index contributed by atoms with van der Waals surface area (Å²) in [4.78, 5) is 0. The first-order valence-electron chi connectivity index (χ1n) is 18.1. The zero-order valence-corrected chi connectivity index (χ0v) is 22.8. The molecule has 0 unspecified atom stereocenters. The lowest BCUT2D eigenvalue weighted by Crippen LogP contribution is -1.92. The molecule has 0 N–H and O–H groups in total. The van der Waals surface area contributed by atoms with Crippen molar-refractivity contribution in [2.75, 3.05) is 0 Å². The second-order valence-electron chi connectivity index (χ2n) is 10.6. The largest absolute Gasteiger partial charge is 0.456 e. The summed E-state index contributed by atoms with van der Waals surface area (Å²) in [7, 11) is 0. The van der Waals surface area contributed by atoms with Crippen LogP contribution in [0.25, 0.3) is 87.6 Å². The fourth-order valence-electron chi connectivity index (χ4n) is 6.46. The minimum Gasteiger partial charge on any atom is -0.456 e. The van der Waals surface area contributed by atoms with Crippen molar-refractivity contribution in [1.29, 1.82) is 0 Å². The van der Waals surface area contributed by atoms with Gasteiger partial charge in [-0.3, -0.25) is 0 Å². The smallest absolute Gasteiger partial charge is 0.136 e. The Morgan fingerprint density at radius 1 is 0.419 bits per heavy atom. The van der Waals surface area contributed by atoms with Crippen LogP contribution in [0, 0.1) is 0 Å². The average Bonchev–Trinajstić information content (AvgIpc) is 3.55. The van der Waals surface area contributed by atoms with E-state index in [9.17, 15) is 5.48 Å². The van der Waals surface area contributed by atoms with Crippen molar-refractivity contribution in [3.63, 3.8) is 0 Å². The van der Waals surface area contributed by atoms with Crippen molar-refractivity contribution in [2.24, 2.45) is 0 Å². The lowest BCUT2D eigenvalue weighted by Gasteiger charge is -2.19. The van der Waals surface area contributed by atoms with Crippen LogP contribution in [0.3, 0.4) is 0 Å². The molecule has 0 fully saturated rings. The lowest BCUT2D eigenvalue weighted by molar-refractivity contribution is 0.669. The Balaban J connectivity index is 1.63. The first kappa shape index (κ1) is 17.3. The Morgan fingerprint density at radius 3 is 1.72 bits per heavy atom. The number of benzene rings is 8. The van der Waals surface area contributed by atoms with E-state index in [4.69, 9.17) is 9.90 Å². The van der Waals surface area contributed by atoms with E-state index in [1.807, 2.05) is 109 Å². The number of furan rings is 1. The van der Waals surface area contributed by atoms with Crippen molar-refractivity contribution >= 4 is 54.3 Å². The molecule has 9 rings (SSSR count). The maximum atomic E-state index is 9.48. The van der Waals surface area contributed by atoms with Crippen LogP contribution in [0.5, 0.6) is 0 Å². The first-order chi connectivity index (χ1) is 24.7. The van der Waals surface area contributed by atoms with Crippen molar-refractivity contribution in [3.8, 4) is 33.4 Å². The molecular formula is C42H26O. The van der Waals surface area contributed by atoms with Gasteiger partial charge >= 0.3 is 0 Å². The third-order valence-corrected chi connectivity index (χ3v) is 8.29. The second kappa shape index (κ2) is 9.44. The Hall–Kier alpha value is -5.66.